The van der Waals surface area contributed by atoms with Gasteiger partial charge in [-0.25, -0.2) is 0 Å². The molecule has 1 aliphatic heterocycles. The Hall–Kier alpha value is -1.39. The van der Waals surface area contributed by atoms with Crippen LogP contribution in [0.5, 0.6) is 0 Å². The van der Waals surface area contributed by atoms with E-state index in [1.54, 1.807) is 0 Å². The predicted molar refractivity (Wildman–Crippen MR) is 71.2 cm³/mol. The van der Waals surface area contributed by atoms with Crippen molar-refractivity contribution in [3.05, 3.63) is 35.4 Å². The van der Waals surface area contributed by atoms with E-state index < -0.39 is 0 Å². The Balaban J connectivity index is 1.90. The van der Waals surface area contributed by atoms with E-state index in [1.165, 1.54) is 11.1 Å². The molecule has 1 heterocycles. The summed E-state index contributed by atoms with van der Waals surface area (Å²) in [7, 11) is 2.15. The molecular formula is C14H19N3O. The topological polar surface area (TPSA) is 39.1 Å². The van der Waals surface area contributed by atoms with Gasteiger partial charge in [0.1, 0.15) is 0 Å². The molecule has 1 atom stereocenters. The first kappa shape index (κ1) is 11.7. The van der Waals surface area contributed by atoms with Crippen molar-refractivity contribution in [3.63, 3.8) is 0 Å². The van der Waals surface area contributed by atoms with Crippen molar-refractivity contribution in [1.29, 1.82) is 0 Å². The second kappa shape index (κ2) is 4.71. The minimum absolute atomic E-state index is 0.180. The highest BCUT2D eigenvalue weighted by atomic mass is 16.4. The van der Waals surface area contributed by atoms with Crippen LogP contribution in [0.3, 0.4) is 0 Å². The number of piperazine rings is 1. The van der Waals surface area contributed by atoms with Crippen molar-refractivity contribution in [3.8, 4) is 0 Å². The molecule has 1 N–H and O–H groups in total. The van der Waals surface area contributed by atoms with E-state index >= 15 is 0 Å². The molecule has 0 radical (unpaired) electrons. The number of rotatable bonds is 1. The van der Waals surface area contributed by atoms with Crippen LogP contribution in [0.1, 0.15) is 17.2 Å². The molecule has 96 valence electrons. The summed E-state index contributed by atoms with van der Waals surface area (Å²) in [5, 5.41) is 12.8. The highest BCUT2D eigenvalue weighted by Gasteiger charge is 2.34. The molecule has 0 spiro atoms. The molecule has 2 aliphatic rings. The van der Waals surface area contributed by atoms with Gasteiger partial charge in [-0.2, -0.15) is 0 Å². The fourth-order valence-corrected chi connectivity index (χ4v) is 3.01. The van der Waals surface area contributed by atoms with Crippen LogP contribution in [0.2, 0.25) is 0 Å². The smallest absolute Gasteiger partial charge is 0.0831 e. The van der Waals surface area contributed by atoms with Gasteiger partial charge >= 0.3 is 0 Å². The van der Waals surface area contributed by atoms with Gasteiger partial charge in [-0.15, -0.1) is 0 Å². The third-order valence-electron chi connectivity index (χ3n) is 4.07. The average molecular weight is 245 g/mol. The lowest BCUT2D eigenvalue weighted by Gasteiger charge is -2.36. The third kappa shape index (κ3) is 1.91. The van der Waals surface area contributed by atoms with Crippen molar-refractivity contribution >= 4 is 5.71 Å². The van der Waals surface area contributed by atoms with E-state index in [1.807, 2.05) is 0 Å². The highest BCUT2D eigenvalue weighted by molar-refractivity contribution is 5.96. The summed E-state index contributed by atoms with van der Waals surface area (Å²) in [5.41, 5.74) is 3.50. The summed E-state index contributed by atoms with van der Waals surface area (Å²) in [4.78, 5) is 4.77. The van der Waals surface area contributed by atoms with E-state index in [2.05, 4.69) is 46.3 Å². The van der Waals surface area contributed by atoms with Gasteiger partial charge in [0.25, 0.3) is 0 Å². The Kier molecular flexibility index (Phi) is 3.06. The van der Waals surface area contributed by atoms with Gasteiger partial charge in [-0.1, -0.05) is 29.4 Å². The third-order valence-corrected chi connectivity index (χ3v) is 4.07. The first-order chi connectivity index (χ1) is 8.79. The summed E-state index contributed by atoms with van der Waals surface area (Å²) in [6.45, 7) is 4.23. The molecule has 1 aromatic rings. The first-order valence-electron chi connectivity index (χ1n) is 6.51. The summed E-state index contributed by atoms with van der Waals surface area (Å²) in [6.07, 6.45) is 0.781. The van der Waals surface area contributed by atoms with Crippen LogP contribution in [0, 0.1) is 0 Å². The van der Waals surface area contributed by atoms with Crippen LogP contribution >= 0.6 is 0 Å². The second-order valence-electron chi connectivity index (χ2n) is 5.21. The lowest BCUT2D eigenvalue weighted by molar-refractivity contribution is 0.136. The molecule has 4 heteroatoms. The Labute approximate surface area is 108 Å². The Morgan fingerprint density at radius 1 is 1.17 bits per heavy atom. The van der Waals surface area contributed by atoms with Gasteiger partial charge in [0.2, 0.25) is 0 Å². The maximum atomic E-state index is 9.24. The molecule has 0 bridgehead atoms. The number of likely N-dealkylation sites (N-methyl/N-ethyl adjacent to an activating group) is 1. The second-order valence-corrected chi connectivity index (χ2v) is 5.21. The van der Waals surface area contributed by atoms with Gasteiger partial charge in [0.15, 0.2) is 0 Å². The molecule has 1 saturated heterocycles. The van der Waals surface area contributed by atoms with Gasteiger partial charge in [-0.3, -0.25) is 4.90 Å². The number of nitrogens with zero attached hydrogens (tertiary/aromatic N) is 3. The van der Waals surface area contributed by atoms with Crippen molar-refractivity contribution in [2.45, 2.75) is 12.5 Å². The number of fused-ring (bicyclic) bond motifs is 1. The largest absolute Gasteiger partial charge is 0.411 e. The lowest BCUT2D eigenvalue weighted by Crippen LogP contribution is -2.47. The first-order valence-corrected chi connectivity index (χ1v) is 6.51. The SMILES string of the molecule is CN1CCN(C2/C(=N/O)Cc3ccccc32)CC1. The van der Waals surface area contributed by atoms with E-state index in [-0.39, 0.29) is 6.04 Å². The van der Waals surface area contributed by atoms with Crippen LogP contribution in [-0.2, 0) is 6.42 Å². The minimum Gasteiger partial charge on any atom is -0.411 e. The molecule has 0 amide bonds. The number of oxime groups is 1. The van der Waals surface area contributed by atoms with Gasteiger partial charge < -0.3 is 10.1 Å². The fraction of sp³-hybridized carbons (Fsp3) is 0.500. The van der Waals surface area contributed by atoms with Crippen LogP contribution in [0.4, 0.5) is 0 Å². The van der Waals surface area contributed by atoms with E-state index in [4.69, 9.17) is 0 Å². The molecule has 3 rings (SSSR count). The molecule has 1 aliphatic carbocycles. The summed E-state index contributed by atoms with van der Waals surface area (Å²) in [6, 6.07) is 8.61. The van der Waals surface area contributed by atoms with Gasteiger partial charge in [0.05, 0.1) is 11.8 Å². The van der Waals surface area contributed by atoms with E-state index in [9.17, 15) is 5.21 Å². The fourth-order valence-electron chi connectivity index (χ4n) is 3.01. The van der Waals surface area contributed by atoms with Crippen molar-refractivity contribution in [2.24, 2.45) is 5.16 Å². The molecule has 18 heavy (non-hydrogen) atoms. The Bertz CT molecular complexity index is 464. The molecular weight excluding hydrogens is 226 g/mol. The minimum atomic E-state index is 0.180. The van der Waals surface area contributed by atoms with Crippen LogP contribution in [-0.4, -0.2) is 53.9 Å². The van der Waals surface area contributed by atoms with E-state index in [0.717, 1.165) is 38.3 Å². The molecule has 1 aromatic carbocycles. The monoisotopic (exact) mass is 245 g/mol. The maximum Gasteiger partial charge on any atom is 0.0831 e. The maximum absolute atomic E-state index is 9.24. The zero-order chi connectivity index (χ0) is 12.5. The normalized spacial score (nSPS) is 27.6. The highest BCUT2D eigenvalue weighted by Crippen LogP contribution is 2.34. The van der Waals surface area contributed by atoms with Crippen LogP contribution < -0.4 is 0 Å². The molecule has 1 fully saturated rings. The molecule has 4 nitrogen and oxygen atoms in total. The van der Waals surface area contributed by atoms with Crippen molar-refractivity contribution in [1.82, 2.24) is 9.80 Å². The number of hydrogen-bond acceptors (Lipinski definition) is 4. The zero-order valence-corrected chi connectivity index (χ0v) is 10.7. The van der Waals surface area contributed by atoms with Gasteiger partial charge in [-0.05, 0) is 18.2 Å². The quantitative estimate of drug-likeness (QED) is 0.600. The number of hydrogen-bond donors (Lipinski definition) is 1. The standard InChI is InChI=1S/C14H19N3O/c1-16-6-8-17(9-7-16)14-12-5-3-2-4-11(12)10-13(14)15-18/h2-5,14,18H,6-10H2,1H3/b15-13+. The molecule has 0 saturated carbocycles. The predicted octanol–water partition coefficient (Wildman–Crippen LogP) is 1.36. The Morgan fingerprint density at radius 2 is 1.89 bits per heavy atom. The average Bonchev–Trinajstić information content (AvgIpc) is 2.78. The van der Waals surface area contributed by atoms with Crippen LogP contribution in [0.15, 0.2) is 29.4 Å². The molecule has 1 unspecified atom stereocenters. The van der Waals surface area contributed by atoms with E-state index in [0.29, 0.717) is 0 Å². The summed E-state index contributed by atoms with van der Waals surface area (Å²) >= 11 is 0. The van der Waals surface area contributed by atoms with Crippen molar-refractivity contribution in [2.75, 3.05) is 33.2 Å². The van der Waals surface area contributed by atoms with Gasteiger partial charge in [0, 0.05) is 32.6 Å². The van der Waals surface area contributed by atoms with Crippen LogP contribution in [0.25, 0.3) is 0 Å². The lowest BCUT2D eigenvalue weighted by atomic mass is 10.1. The number of benzene rings is 1. The van der Waals surface area contributed by atoms with Crippen molar-refractivity contribution < 1.29 is 5.21 Å². The Morgan fingerprint density at radius 3 is 2.61 bits per heavy atom. The summed E-state index contributed by atoms with van der Waals surface area (Å²) in [5.74, 6) is 0. The molecule has 0 aromatic heterocycles. The summed E-state index contributed by atoms with van der Waals surface area (Å²) < 4.78 is 0. The zero-order valence-electron chi connectivity index (χ0n) is 10.7.